The minimum absolute atomic E-state index is 0.0230. The molecule has 1 aromatic carbocycles. The second kappa shape index (κ2) is 9.45. The van der Waals surface area contributed by atoms with Crippen LogP contribution < -0.4 is 0 Å². The third-order valence-electron chi connectivity index (χ3n) is 5.18. The van der Waals surface area contributed by atoms with Crippen molar-refractivity contribution in [1.29, 1.82) is 0 Å². The zero-order valence-corrected chi connectivity index (χ0v) is 17.4. The molecule has 0 spiro atoms. The van der Waals surface area contributed by atoms with Crippen LogP contribution in [0.4, 0.5) is 0 Å². The Morgan fingerprint density at radius 3 is 2.79 bits per heavy atom. The van der Waals surface area contributed by atoms with Crippen LogP contribution in [0.2, 0.25) is 0 Å². The van der Waals surface area contributed by atoms with E-state index in [1.54, 1.807) is 0 Å². The van der Waals surface area contributed by atoms with Gasteiger partial charge in [0.15, 0.2) is 12.2 Å². The molecule has 28 heavy (non-hydrogen) atoms. The van der Waals surface area contributed by atoms with Crippen LogP contribution >= 0.6 is 11.8 Å². The zero-order chi connectivity index (χ0) is 20.1. The fraction of sp³-hybridized carbons (Fsp3) is 0.571. The number of para-hydroxylation sites is 2. The Balaban J connectivity index is 1.42. The molecule has 0 aliphatic heterocycles. The van der Waals surface area contributed by atoms with Crippen LogP contribution in [0.3, 0.4) is 0 Å². The number of carbonyl (C=O) groups is 2. The molecule has 3 unspecified atom stereocenters. The van der Waals surface area contributed by atoms with Crippen molar-refractivity contribution < 1.29 is 23.5 Å². The van der Waals surface area contributed by atoms with Crippen LogP contribution in [0, 0.1) is 17.8 Å². The zero-order valence-electron chi connectivity index (χ0n) is 16.6. The Morgan fingerprint density at radius 2 is 2.04 bits per heavy atom. The molecule has 1 heterocycles. The monoisotopic (exact) mass is 405 g/mol. The van der Waals surface area contributed by atoms with Crippen molar-refractivity contribution in [3.05, 3.63) is 24.3 Å². The normalized spacial score (nSPS) is 22.4. The number of rotatable bonds is 7. The molecule has 0 N–H and O–H groups in total. The summed E-state index contributed by atoms with van der Waals surface area (Å²) in [4.78, 5) is 28.4. The highest BCUT2D eigenvalue weighted by Gasteiger charge is 2.33. The van der Waals surface area contributed by atoms with Gasteiger partial charge < -0.3 is 13.9 Å². The summed E-state index contributed by atoms with van der Waals surface area (Å²) in [5.41, 5.74) is 1.41. The van der Waals surface area contributed by atoms with Gasteiger partial charge in [0, 0.05) is 0 Å². The van der Waals surface area contributed by atoms with Crippen LogP contribution in [0.5, 0.6) is 0 Å². The Hall–Kier alpha value is -2.02. The van der Waals surface area contributed by atoms with Gasteiger partial charge in [-0.15, -0.1) is 0 Å². The number of nitrogens with zero attached hydrogens (tertiary/aromatic N) is 1. The largest absolute Gasteiger partial charge is 0.460 e. The molecule has 0 saturated heterocycles. The molecule has 152 valence electrons. The van der Waals surface area contributed by atoms with Crippen molar-refractivity contribution in [2.75, 3.05) is 12.4 Å². The Morgan fingerprint density at radius 1 is 1.25 bits per heavy atom. The van der Waals surface area contributed by atoms with E-state index in [2.05, 4.69) is 25.8 Å². The maximum absolute atomic E-state index is 12.1. The lowest BCUT2D eigenvalue weighted by Crippen LogP contribution is -2.36. The summed E-state index contributed by atoms with van der Waals surface area (Å²) in [5, 5.41) is 0.400. The van der Waals surface area contributed by atoms with Crippen LogP contribution in [-0.2, 0) is 19.1 Å². The first-order chi connectivity index (χ1) is 13.4. The lowest BCUT2D eigenvalue weighted by atomic mass is 9.75. The third kappa shape index (κ3) is 5.50. The smallest absolute Gasteiger partial charge is 0.344 e. The van der Waals surface area contributed by atoms with Gasteiger partial charge in [0.25, 0.3) is 5.22 Å². The first kappa shape index (κ1) is 20.7. The van der Waals surface area contributed by atoms with E-state index in [1.807, 2.05) is 24.3 Å². The number of thioether (sulfide) groups is 1. The van der Waals surface area contributed by atoms with Gasteiger partial charge in [0.1, 0.15) is 17.4 Å². The fourth-order valence-corrected chi connectivity index (χ4v) is 4.30. The molecular formula is C21H27NO5S. The molecule has 2 aromatic rings. The summed E-state index contributed by atoms with van der Waals surface area (Å²) < 4.78 is 16.2. The lowest BCUT2D eigenvalue weighted by Gasteiger charge is -2.36. The number of aromatic nitrogens is 1. The van der Waals surface area contributed by atoms with Crippen molar-refractivity contribution in [3.63, 3.8) is 0 Å². The van der Waals surface area contributed by atoms with Crippen molar-refractivity contribution >= 4 is 34.8 Å². The average Bonchev–Trinajstić information content (AvgIpc) is 3.07. The predicted molar refractivity (Wildman–Crippen MR) is 107 cm³/mol. The summed E-state index contributed by atoms with van der Waals surface area (Å²) in [5.74, 6) is 0.413. The quantitative estimate of drug-likeness (QED) is 0.497. The van der Waals surface area contributed by atoms with Gasteiger partial charge in [-0.25, -0.2) is 9.78 Å². The molecule has 1 aliphatic rings. The van der Waals surface area contributed by atoms with E-state index in [9.17, 15) is 9.59 Å². The molecule has 0 bridgehead atoms. The third-order valence-corrected chi connectivity index (χ3v) is 5.98. The van der Waals surface area contributed by atoms with Crippen LogP contribution in [0.25, 0.3) is 11.1 Å². The Kier molecular flexibility index (Phi) is 6.99. The van der Waals surface area contributed by atoms with Crippen LogP contribution in [0.15, 0.2) is 33.9 Å². The van der Waals surface area contributed by atoms with Crippen molar-refractivity contribution in [3.8, 4) is 0 Å². The lowest BCUT2D eigenvalue weighted by molar-refractivity contribution is -0.166. The topological polar surface area (TPSA) is 78.6 Å². The summed E-state index contributed by atoms with van der Waals surface area (Å²) >= 11 is 1.14. The van der Waals surface area contributed by atoms with Gasteiger partial charge in [-0.3, -0.25) is 4.79 Å². The van der Waals surface area contributed by atoms with E-state index in [-0.39, 0.29) is 18.5 Å². The highest BCUT2D eigenvalue weighted by molar-refractivity contribution is 7.99. The number of esters is 2. The van der Waals surface area contributed by atoms with Gasteiger partial charge in [-0.1, -0.05) is 51.1 Å². The SMILES string of the molecule is CC1CCC(C(C)C)C(OC(=O)COC(=O)CSc2nc3ccccc3o2)C1. The Bertz CT molecular complexity index is 785. The minimum Gasteiger partial charge on any atom is -0.460 e. The molecule has 7 heteroatoms. The maximum Gasteiger partial charge on any atom is 0.344 e. The molecule has 0 amide bonds. The highest BCUT2D eigenvalue weighted by Crippen LogP contribution is 2.35. The van der Waals surface area contributed by atoms with Gasteiger partial charge in [-0.2, -0.15) is 0 Å². The number of fused-ring (bicyclic) bond motifs is 1. The summed E-state index contributed by atoms with van der Waals surface area (Å²) in [7, 11) is 0. The van der Waals surface area contributed by atoms with Crippen molar-refractivity contribution in [2.24, 2.45) is 17.8 Å². The van der Waals surface area contributed by atoms with Crippen LogP contribution in [0.1, 0.15) is 40.0 Å². The Labute approximate surface area is 169 Å². The average molecular weight is 406 g/mol. The molecule has 1 aromatic heterocycles. The predicted octanol–water partition coefficient (Wildman–Crippen LogP) is 4.47. The van der Waals surface area contributed by atoms with E-state index >= 15 is 0 Å². The summed E-state index contributed by atoms with van der Waals surface area (Å²) in [6.45, 7) is 6.14. The first-order valence-electron chi connectivity index (χ1n) is 9.76. The fourth-order valence-electron chi connectivity index (χ4n) is 3.67. The number of carbonyl (C=O) groups excluding carboxylic acids is 2. The number of oxazole rings is 1. The van der Waals surface area contributed by atoms with Crippen molar-refractivity contribution in [1.82, 2.24) is 4.98 Å². The van der Waals surface area contributed by atoms with E-state index in [0.717, 1.165) is 30.1 Å². The number of hydrogen-bond donors (Lipinski definition) is 0. The second-order valence-electron chi connectivity index (χ2n) is 7.75. The molecule has 3 atom stereocenters. The standard InChI is InChI=1S/C21H27NO5S/c1-13(2)15-9-8-14(3)10-18(15)26-19(23)11-25-20(24)12-28-21-22-16-6-4-5-7-17(16)27-21/h4-7,13-15,18H,8-12H2,1-3H3. The highest BCUT2D eigenvalue weighted by atomic mass is 32.2. The molecular weight excluding hydrogens is 378 g/mol. The molecule has 0 radical (unpaired) electrons. The molecule has 1 aliphatic carbocycles. The minimum atomic E-state index is -0.498. The van der Waals surface area contributed by atoms with Gasteiger partial charge >= 0.3 is 11.9 Å². The number of ether oxygens (including phenoxy) is 2. The van der Waals surface area contributed by atoms with E-state index < -0.39 is 11.9 Å². The first-order valence-corrected chi connectivity index (χ1v) is 10.7. The number of hydrogen-bond acceptors (Lipinski definition) is 7. The summed E-state index contributed by atoms with van der Waals surface area (Å²) in [6, 6.07) is 7.39. The van der Waals surface area contributed by atoms with Gasteiger partial charge in [0.05, 0.1) is 0 Å². The van der Waals surface area contributed by atoms with Crippen LogP contribution in [-0.4, -0.2) is 35.4 Å². The van der Waals surface area contributed by atoms with E-state index in [4.69, 9.17) is 13.9 Å². The molecule has 6 nitrogen and oxygen atoms in total. The second-order valence-corrected chi connectivity index (χ2v) is 8.68. The van der Waals surface area contributed by atoms with Crippen molar-refractivity contribution in [2.45, 2.75) is 51.4 Å². The van der Waals surface area contributed by atoms with Gasteiger partial charge in [-0.05, 0) is 42.7 Å². The van der Waals surface area contributed by atoms with E-state index in [0.29, 0.717) is 28.6 Å². The maximum atomic E-state index is 12.1. The molecule has 3 rings (SSSR count). The van der Waals surface area contributed by atoms with E-state index in [1.165, 1.54) is 6.42 Å². The molecule has 1 fully saturated rings. The summed E-state index contributed by atoms with van der Waals surface area (Å²) in [6.07, 6.45) is 3.01. The molecule has 1 saturated carbocycles. The number of benzene rings is 1. The van der Waals surface area contributed by atoms with Gasteiger partial charge in [0.2, 0.25) is 0 Å².